The molecule has 0 radical (unpaired) electrons. The molecule has 1 amide bonds. The van der Waals surface area contributed by atoms with Crippen molar-refractivity contribution in [1.29, 1.82) is 0 Å². The molecule has 1 saturated heterocycles. The number of rotatable bonds is 8. The SMILES string of the molecule is COc1cc2[nH]c(C(=O)NCCC[NH+]3CCOCC3)cc2c(OC)c1OC. The van der Waals surface area contributed by atoms with Crippen LogP contribution in [-0.2, 0) is 4.74 Å². The van der Waals surface area contributed by atoms with Crippen LogP contribution in [0.3, 0.4) is 0 Å². The second-order valence-electron chi connectivity index (χ2n) is 6.51. The standard InChI is InChI=1S/C19H27N3O5/c1-24-16-12-14-13(17(25-2)18(16)26-3)11-15(21-14)19(23)20-5-4-6-22-7-9-27-10-8-22/h11-12,21H,4-10H2,1-3H3,(H,20,23)/p+1. The minimum Gasteiger partial charge on any atom is -0.493 e. The molecule has 2 aromatic rings. The number of benzene rings is 1. The van der Waals surface area contributed by atoms with E-state index in [1.807, 2.05) is 0 Å². The van der Waals surface area contributed by atoms with Gasteiger partial charge >= 0.3 is 0 Å². The first kappa shape index (κ1) is 19.3. The van der Waals surface area contributed by atoms with Crippen molar-refractivity contribution in [2.45, 2.75) is 6.42 Å². The number of carbonyl (C=O) groups excluding carboxylic acids is 1. The summed E-state index contributed by atoms with van der Waals surface area (Å²) in [6, 6.07) is 3.58. The van der Waals surface area contributed by atoms with Gasteiger partial charge in [0.2, 0.25) is 5.75 Å². The summed E-state index contributed by atoms with van der Waals surface area (Å²) in [4.78, 5) is 17.2. The fraction of sp³-hybridized carbons (Fsp3) is 0.526. The lowest BCUT2D eigenvalue weighted by Gasteiger charge is -2.23. The van der Waals surface area contributed by atoms with Crippen LogP contribution in [-0.4, -0.2) is 71.6 Å². The van der Waals surface area contributed by atoms with Gasteiger partial charge in [0.05, 0.1) is 46.6 Å². The highest BCUT2D eigenvalue weighted by molar-refractivity contribution is 6.01. The molecule has 3 rings (SSSR count). The second-order valence-corrected chi connectivity index (χ2v) is 6.51. The molecule has 0 unspecified atom stereocenters. The normalized spacial score (nSPS) is 14.9. The summed E-state index contributed by atoms with van der Waals surface area (Å²) in [5.41, 5.74) is 1.24. The molecular formula is C19H28N3O5+. The Hall–Kier alpha value is -2.45. The Morgan fingerprint density at radius 2 is 1.89 bits per heavy atom. The van der Waals surface area contributed by atoms with Crippen LogP contribution in [0.5, 0.6) is 17.2 Å². The van der Waals surface area contributed by atoms with E-state index in [1.54, 1.807) is 33.5 Å². The number of aromatic amines is 1. The Kier molecular flexibility index (Phi) is 6.41. The number of hydrogen-bond donors (Lipinski definition) is 3. The van der Waals surface area contributed by atoms with E-state index in [0.29, 0.717) is 29.5 Å². The molecule has 3 N–H and O–H groups in total. The van der Waals surface area contributed by atoms with Gasteiger partial charge in [0, 0.05) is 24.4 Å². The second kappa shape index (κ2) is 8.96. The molecule has 1 aromatic carbocycles. The van der Waals surface area contributed by atoms with Crippen LogP contribution in [0.2, 0.25) is 0 Å². The summed E-state index contributed by atoms with van der Waals surface area (Å²) >= 11 is 0. The van der Waals surface area contributed by atoms with Gasteiger partial charge < -0.3 is 34.1 Å². The molecule has 1 aliphatic rings. The minimum atomic E-state index is -0.136. The lowest BCUT2D eigenvalue weighted by molar-refractivity contribution is -0.908. The van der Waals surface area contributed by atoms with E-state index in [0.717, 1.165) is 50.2 Å². The van der Waals surface area contributed by atoms with Crippen LogP contribution in [0.25, 0.3) is 10.9 Å². The molecule has 148 valence electrons. The van der Waals surface area contributed by atoms with Crippen LogP contribution >= 0.6 is 0 Å². The zero-order valence-electron chi connectivity index (χ0n) is 16.1. The molecular weight excluding hydrogens is 350 g/mol. The number of quaternary nitrogens is 1. The predicted molar refractivity (Wildman–Crippen MR) is 101 cm³/mol. The van der Waals surface area contributed by atoms with Crippen molar-refractivity contribution >= 4 is 16.8 Å². The smallest absolute Gasteiger partial charge is 0.267 e. The van der Waals surface area contributed by atoms with Gasteiger partial charge in [0.15, 0.2) is 11.5 Å². The average molecular weight is 378 g/mol. The number of H-pyrrole nitrogens is 1. The molecule has 8 heteroatoms. The molecule has 1 aliphatic heterocycles. The van der Waals surface area contributed by atoms with Crippen molar-refractivity contribution in [2.24, 2.45) is 0 Å². The third kappa shape index (κ3) is 4.28. The molecule has 0 bridgehead atoms. The Morgan fingerprint density at radius 3 is 2.56 bits per heavy atom. The van der Waals surface area contributed by atoms with Gasteiger partial charge in [-0.15, -0.1) is 0 Å². The molecule has 27 heavy (non-hydrogen) atoms. The lowest BCUT2D eigenvalue weighted by atomic mass is 10.2. The van der Waals surface area contributed by atoms with Crippen LogP contribution in [0.4, 0.5) is 0 Å². The number of amides is 1. The summed E-state index contributed by atoms with van der Waals surface area (Å²) in [7, 11) is 4.69. The average Bonchev–Trinajstić information content (AvgIpc) is 3.14. The first-order valence-electron chi connectivity index (χ1n) is 9.19. The topological polar surface area (TPSA) is 86.3 Å². The number of carbonyl (C=O) groups is 1. The van der Waals surface area contributed by atoms with Crippen molar-refractivity contribution in [3.05, 3.63) is 17.8 Å². The highest BCUT2D eigenvalue weighted by Gasteiger charge is 2.20. The lowest BCUT2D eigenvalue weighted by Crippen LogP contribution is -3.14. The van der Waals surface area contributed by atoms with Crippen molar-refractivity contribution < 1.29 is 28.6 Å². The summed E-state index contributed by atoms with van der Waals surface area (Å²) < 4.78 is 21.6. The van der Waals surface area contributed by atoms with Crippen molar-refractivity contribution in [3.8, 4) is 17.2 Å². The van der Waals surface area contributed by atoms with Crippen LogP contribution in [0, 0.1) is 0 Å². The molecule has 2 heterocycles. The van der Waals surface area contributed by atoms with Crippen molar-refractivity contribution in [2.75, 3.05) is 60.7 Å². The van der Waals surface area contributed by atoms with Crippen LogP contribution in [0.1, 0.15) is 16.9 Å². The van der Waals surface area contributed by atoms with E-state index in [2.05, 4.69) is 10.3 Å². The third-order valence-corrected chi connectivity index (χ3v) is 4.86. The monoisotopic (exact) mass is 378 g/mol. The molecule has 1 aromatic heterocycles. The van der Waals surface area contributed by atoms with Gasteiger partial charge in [0.1, 0.15) is 18.8 Å². The molecule has 8 nitrogen and oxygen atoms in total. The van der Waals surface area contributed by atoms with Gasteiger partial charge in [-0.05, 0) is 6.07 Å². The maximum atomic E-state index is 12.5. The first-order valence-corrected chi connectivity index (χ1v) is 9.19. The summed E-state index contributed by atoms with van der Waals surface area (Å²) in [5.74, 6) is 1.46. The number of fused-ring (bicyclic) bond motifs is 1. The highest BCUT2D eigenvalue weighted by atomic mass is 16.5. The number of methoxy groups -OCH3 is 3. The number of hydrogen-bond acceptors (Lipinski definition) is 5. The van der Waals surface area contributed by atoms with E-state index in [-0.39, 0.29) is 5.91 Å². The number of nitrogens with one attached hydrogen (secondary N) is 3. The Labute approximate surface area is 158 Å². The zero-order chi connectivity index (χ0) is 19.2. The molecule has 0 spiro atoms. The van der Waals surface area contributed by atoms with E-state index in [1.165, 1.54) is 4.90 Å². The largest absolute Gasteiger partial charge is 0.493 e. The number of morpholine rings is 1. The zero-order valence-corrected chi connectivity index (χ0v) is 16.1. The van der Waals surface area contributed by atoms with E-state index in [4.69, 9.17) is 18.9 Å². The van der Waals surface area contributed by atoms with Gasteiger partial charge in [0.25, 0.3) is 5.91 Å². The van der Waals surface area contributed by atoms with Gasteiger partial charge in [-0.1, -0.05) is 0 Å². The maximum absolute atomic E-state index is 12.5. The molecule has 0 aliphatic carbocycles. The molecule has 1 fully saturated rings. The Bertz CT molecular complexity index is 783. The van der Waals surface area contributed by atoms with Crippen molar-refractivity contribution in [1.82, 2.24) is 10.3 Å². The highest BCUT2D eigenvalue weighted by Crippen LogP contribution is 2.43. The maximum Gasteiger partial charge on any atom is 0.267 e. The molecule has 0 atom stereocenters. The van der Waals surface area contributed by atoms with E-state index in [9.17, 15) is 4.79 Å². The Morgan fingerprint density at radius 1 is 1.15 bits per heavy atom. The van der Waals surface area contributed by atoms with Gasteiger partial charge in [-0.3, -0.25) is 4.79 Å². The Balaban J connectivity index is 1.66. The number of ether oxygens (including phenoxy) is 4. The quantitative estimate of drug-likeness (QED) is 0.573. The third-order valence-electron chi connectivity index (χ3n) is 4.86. The van der Waals surface area contributed by atoms with Gasteiger partial charge in [-0.2, -0.15) is 0 Å². The summed E-state index contributed by atoms with van der Waals surface area (Å²) in [5, 5.41) is 3.75. The van der Waals surface area contributed by atoms with Crippen LogP contribution in [0.15, 0.2) is 12.1 Å². The first-order chi connectivity index (χ1) is 13.2. The predicted octanol–water partition coefficient (Wildman–Crippen LogP) is 0.229. The van der Waals surface area contributed by atoms with Crippen LogP contribution < -0.4 is 24.4 Å². The summed E-state index contributed by atoms with van der Waals surface area (Å²) in [6.45, 7) is 5.41. The fourth-order valence-corrected chi connectivity index (χ4v) is 3.42. The minimum absolute atomic E-state index is 0.136. The molecule has 0 saturated carbocycles. The number of aromatic nitrogens is 1. The van der Waals surface area contributed by atoms with E-state index >= 15 is 0 Å². The van der Waals surface area contributed by atoms with E-state index < -0.39 is 0 Å². The van der Waals surface area contributed by atoms with Gasteiger partial charge in [-0.25, -0.2) is 0 Å². The summed E-state index contributed by atoms with van der Waals surface area (Å²) in [6.07, 6.45) is 0.937. The van der Waals surface area contributed by atoms with Crippen molar-refractivity contribution in [3.63, 3.8) is 0 Å². The fourth-order valence-electron chi connectivity index (χ4n) is 3.42.